The number of anilines is 1. The molecule has 6 nitrogen and oxygen atoms in total. The summed E-state index contributed by atoms with van der Waals surface area (Å²) in [4.78, 5) is 28.0. The molecule has 0 amide bonds. The van der Waals surface area contributed by atoms with Crippen molar-refractivity contribution in [3.05, 3.63) is 70.4 Å². The fourth-order valence-corrected chi connectivity index (χ4v) is 3.51. The molecule has 2 heterocycles. The molecule has 0 bridgehead atoms. The van der Waals surface area contributed by atoms with Crippen LogP contribution in [-0.2, 0) is 4.79 Å². The molecule has 120 valence electrons. The Morgan fingerprint density at radius 1 is 1.12 bits per heavy atom. The molecule has 0 aliphatic carbocycles. The highest BCUT2D eigenvalue weighted by Crippen LogP contribution is 2.46. The summed E-state index contributed by atoms with van der Waals surface area (Å²) in [6, 6.07) is 13.3. The number of rotatable bonds is 3. The molecule has 1 aliphatic rings. The number of nitrogens with zero attached hydrogens (tertiary/aromatic N) is 2. The third kappa shape index (κ3) is 2.00. The molecule has 1 aromatic heterocycles. The molecule has 0 unspecified atom stereocenters. The lowest BCUT2D eigenvalue weighted by Crippen LogP contribution is -2.56. The lowest BCUT2D eigenvalue weighted by Gasteiger charge is -2.44. The van der Waals surface area contributed by atoms with Crippen molar-refractivity contribution in [3.63, 3.8) is 0 Å². The Labute approximate surface area is 141 Å². The van der Waals surface area contributed by atoms with E-state index in [1.54, 1.807) is 29.3 Å². The zero-order valence-electron chi connectivity index (χ0n) is 12.3. The number of Topliss-reactive ketones (excluding diaryl/α,β-unsaturated/α-hetero) is 1. The van der Waals surface area contributed by atoms with Crippen molar-refractivity contribution in [2.75, 3.05) is 4.90 Å². The van der Waals surface area contributed by atoms with Gasteiger partial charge in [0.15, 0.2) is 11.3 Å². The van der Waals surface area contributed by atoms with Crippen LogP contribution in [0.25, 0.3) is 10.9 Å². The molecule has 1 N–H and O–H groups in total. The maximum atomic E-state index is 12.4. The van der Waals surface area contributed by atoms with Crippen molar-refractivity contribution in [3.8, 4) is 0 Å². The summed E-state index contributed by atoms with van der Waals surface area (Å²) in [6.07, 6.45) is 1.76. The fraction of sp³-hybridized carbons (Fsp3) is 0.118. The molecule has 7 heteroatoms. The third-order valence-electron chi connectivity index (χ3n) is 4.30. The number of para-hydroxylation sites is 3. The number of fused-ring (bicyclic) bond motifs is 1. The molecule has 1 saturated heterocycles. The van der Waals surface area contributed by atoms with E-state index in [0.717, 1.165) is 16.5 Å². The van der Waals surface area contributed by atoms with Gasteiger partial charge < -0.3 is 9.88 Å². The van der Waals surface area contributed by atoms with E-state index in [4.69, 9.17) is 11.6 Å². The van der Waals surface area contributed by atoms with E-state index < -0.39 is 16.5 Å². The normalized spacial score (nSPS) is 20.2. The van der Waals surface area contributed by atoms with Crippen LogP contribution in [0.4, 0.5) is 11.4 Å². The highest BCUT2D eigenvalue weighted by Gasteiger charge is 2.50. The number of halogens is 1. The van der Waals surface area contributed by atoms with Crippen LogP contribution >= 0.6 is 11.6 Å². The molecule has 2 atom stereocenters. The summed E-state index contributed by atoms with van der Waals surface area (Å²) >= 11 is 6.18. The van der Waals surface area contributed by atoms with E-state index >= 15 is 0 Å². The average Bonchev–Trinajstić information content (AvgIpc) is 3.02. The Morgan fingerprint density at radius 3 is 2.62 bits per heavy atom. The summed E-state index contributed by atoms with van der Waals surface area (Å²) in [7, 11) is 0. The summed E-state index contributed by atoms with van der Waals surface area (Å²) in [5.74, 6) is -0.167. The van der Waals surface area contributed by atoms with Gasteiger partial charge in [0.05, 0.1) is 4.92 Å². The van der Waals surface area contributed by atoms with Gasteiger partial charge in [-0.05, 0) is 12.1 Å². The molecule has 2 aromatic carbocycles. The number of nitrogens with one attached hydrogen (secondary N) is 1. The van der Waals surface area contributed by atoms with Crippen molar-refractivity contribution in [1.82, 2.24) is 4.98 Å². The quantitative estimate of drug-likeness (QED) is 0.340. The maximum Gasteiger partial charge on any atom is 0.292 e. The van der Waals surface area contributed by atoms with E-state index in [1.165, 1.54) is 6.07 Å². The number of aromatic nitrogens is 1. The van der Waals surface area contributed by atoms with Gasteiger partial charge >= 0.3 is 0 Å². The minimum absolute atomic E-state index is 0.0690. The zero-order valence-corrected chi connectivity index (χ0v) is 13.1. The van der Waals surface area contributed by atoms with Crippen LogP contribution < -0.4 is 4.90 Å². The molecule has 4 rings (SSSR count). The molecule has 0 spiro atoms. The minimum atomic E-state index is -0.912. The molecule has 3 aromatic rings. The van der Waals surface area contributed by atoms with Crippen molar-refractivity contribution >= 4 is 39.7 Å². The summed E-state index contributed by atoms with van der Waals surface area (Å²) in [5, 5.41) is 12.2. The molecular weight excluding hydrogens is 330 g/mol. The smallest absolute Gasteiger partial charge is 0.292 e. The van der Waals surface area contributed by atoms with Crippen LogP contribution in [0, 0.1) is 10.1 Å². The molecule has 0 radical (unpaired) electrons. The lowest BCUT2D eigenvalue weighted by molar-refractivity contribution is -0.384. The number of alkyl halides is 1. The van der Waals surface area contributed by atoms with Gasteiger partial charge in [-0.15, -0.1) is 0 Å². The molecule has 1 aliphatic heterocycles. The number of ketones is 1. The van der Waals surface area contributed by atoms with Crippen molar-refractivity contribution in [1.29, 1.82) is 0 Å². The Kier molecular flexibility index (Phi) is 3.28. The first kappa shape index (κ1) is 14.7. The second-order valence-electron chi connectivity index (χ2n) is 5.58. The maximum absolute atomic E-state index is 12.4. The zero-order chi connectivity index (χ0) is 16.8. The minimum Gasteiger partial charge on any atom is -0.361 e. The van der Waals surface area contributed by atoms with Gasteiger partial charge in [0, 0.05) is 28.7 Å². The predicted molar refractivity (Wildman–Crippen MR) is 91.3 cm³/mol. The van der Waals surface area contributed by atoms with Gasteiger partial charge in [-0.2, -0.15) is 0 Å². The van der Waals surface area contributed by atoms with Crippen LogP contribution in [0.5, 0.6) is 0 Å². The Hall–Kier alpha value is -2.86. The van der Waals surface area contributed by atoms with E-state index in [9.17, 15) is 14.9 Å². The second-order valence-corrected chi connectivity index (χ2v) is 6.00. The second kappa shape index (κ2) is 5.35. The van der Waals surface area contributed by atoms with Crippen LogP contribution in [0.3, 0.4) is 0 Å². The van der Waals surface area contributed by atoms with Gasteiger partial charge in [0.25, 0.3) is 5.69 Å². The largest absolute Gasteiger partial charge is 0.361 e. The number of nitro groups is 1. The first-order valence-corrected chi connectivity index (χ1v) is 7.79. The van der Waals surface area contributed by atoms with Gasteiger partial charge in [-0.25, -0.2) is 0 Å². The van der Waals surface area contributed by atoms with Crippen LogP contribution in [0.15, 0.2) is 54.7 Å². The third-order valence-corrected chi connectivity index (χ3v) is 4.72. The number of hydrogen-bond acceptors (Lipinski definition) is 4. The van der Waals surface area contributed by atoms with Crippen LogP contribution in [0.1, 0.15) is 11.6 Å². The molecular formula is C17H12ClN3O3. The van der Waals surface area contributed by atoms with Crippen molar-refractivity contribution in [2.24, 2.45) is 0 Å². The highest BCUT2D eigenvalue weighted by molar-refractivity contribution is 6.37. The van der Waals surface area contributed by atoms with E-state index in [2.05, 4.69) is 4.98 Å². The predicted octanol–water partition coefficient (Wildman–Crippen LogP) is 3.77. The summed E-state index contributed by atoms with van der Waals surface area (Å²) in [5.41, 5.74) is 1.04. The highest BCUT2D eigenvalue weighted by atomic mass is 35.5. The lowest BCUT2D eigenvalue weighted by atomic mass is 9.91. The van der Waals surface area contributed by atoms with Crippen molar-refractivity contribution < 1.29 is 9.72 Å². The van der Waals surface area contributed by atoms with Gasteiger partial charge in [0.2, 0.25) is 0 Å². The SMILES string of the molecule is O=C1[C@@H](Cl)N(c2ccccc2[N+](=O)[O-])[C@H]1c1c[nH]c2ccccc12. The fourth-order valence-electron chi connectivity index (χ4n) is 3.17. The van der Waals surface area contributed by atoms with Gasteiger partial charge in [0.1, 0.15) is 11.7 Å². The topological polar surface area (TPSA) is 79.2 Å². The van der Waals surface area contributed by atoms with Crippen LogP contribution in [-0.4, -0.2) is 21.2 Å². The summed E-state index contributed by atoms with van der Waals surface area (Å²) in [6.45, 7) is 0. The number of aromatic amines is 1. The average molecular weight is 342 g/mol. The van der Waals surface area contributed by atoms with E-state index in [0.29, 0.717) is 5.69 Å². The van der Waals surface area contributed by atoms with Gasteiger partial charge in [-0.3, -0.25) is 14.9 Å². The molecule has 0 saturated carbocycles. The standard InChI is InChI=1S/C17H12ClN3O3/c18-17-16(22)15(11-9-19-12-6-2-1-5-10(11)12)20(17)13-7-3-4-8-14(13)21(23)24/h1-9,15,17,19H/t15-,17-/m0/s1. The summed E-state index contributed by atoms with van der Waals surface area (Å²) < 4.78 is 0. The van der Waals surface area contributed by atoms with E-state index in [-0.39, 0.29) is 11.5 Å². The molecule has 24 heavy (non-hydrogen) atoms. The number of hydrogen-bond donors (Lipinski definition) is 1. The first-order chi connectivity index (χ1) is 11.6. The van der Waals surface area contributed by atoms with Gasteiger partial charge in [-0.1, -0.05) is 41.9 Å². The monoisotopic (exact) mass is 341 g/mol. The number of H-pyrrole nitrogens is 1. The van der Waals surface area contributed by atoms with E-state index in [1.807, 2.05) is 24.3 Å². The number of nitro benzene ring substituents is 1. The number of carbonyl (C=O) groups is 1. The Morgan fingerprint density at radius 2 is 1.83 bits per heavy atom. The first-order valence-electron chi connectivity index (χ1n) is 7.35. The molecule has 1 fully saturated rings. The Balaban J connectivity index is 1.84. The van der Waals surface area contributed by atoms with Crippen molar-refractivity contribution in [2.45, 2.75) is 11.5 Å². The van der Waals surface area contributed by atoms with Crippen LogP contribution in [0.2, 0.25) is 0 Å². The number of carbonyl (C=O) groups excluding carboxylic acids is 1. The Bertz CT molecular complexity index is 968. The number of benzene rings is 2.